The molecule has 2 aromatic carbocycles. The standard InChI is InChI=1S/C24H26F3N5O3/c1-13(2)20(24(25,26)27)32-21(28)18(22(29)33)19(31-32)15-10-8-14(9-11-15)12-30-23(34)16-6-4-5-7-17(16)35-3/h4-11,13,20H,12,28H2,1-3H3,(H2,29,33)(H,30,34). The predicted octanol–water partition coefficient (Wildman–Crippen LogP) is 3.93. The molecule has 1 atom stereocenters. The van der Waals surface area contributed by atoms with Crippen molar-refractivity contribution in [3.63, 3.8) is 0 Å². The number of benzene rings is 2. The van der Waals surface area contributed by atoms with Gasteiger partial charge in [-0.25, -0.2) is 4.68 Å². The fraction of sp³-hybridized carbons (Fsp3) is 0.292. The van der Waals surface area contributed by atoms with Crippen LogP contribution in [-0.2, 0) is 6.54 Å². The van der Waals surface area contributed by atoms with Crippen molar-refractivity contribution < 1.29 is 27.5 Å². The Morgan fingerprint density at radius 2 is 1.74 bits per heavy atom. The molecule has 0 radical (unpaired) electrons. The number of nitrogens with one attached hydrogen (secondary N) is 1. The van der Waals surface area contributed by atoms with Gasteiger partial charge in [0.25, 0.3) is 11.8 Å². The van der Waals surface area contributed by atoms with Crippen LogP contribution in [0.25, 0.3) is 11.3 Å². The summed E-state index contributed by atoms with van der Waals surface area (Å²) < 4.78 is 46.8. The summed E-state index contributed by atoms with van der Waals surface area (Å²) in [5.74, 6) is -2.22. The molecular formula is C24H26F3N5O3. The highest BCUT2D eigenvalue weighted by atomic mass is 19.4. The molecule has 1 heterocycles. The first kappa shape index (κ1) is 25.6. The topological polar surface area (TPSA) is 125 Å². The second-order valence-corrected chi connectivity index (χ2v) is 8.23. The summed E-state index contributed by atoms with van der Waals surface area (Å²) >= 11 is 0. The van der Waals surface area contributed by atoms with Gasteiger partial charge in [0.15, 0.2) is 6.04 Å². The molecule has 0 aliphatic rings. The van der Waals surface area contributed by atoms with Crippen LogP contribution in [0.2, 0.25) is 0 Å². The minimum Gasteiger partial charge on any atom is -0.496 e. The predicted molar refractivity (Wildman–Crippen MR) is 125 cm³/mol. The summed E-state index contributed by atoms with van der Waals surface area (Å²) in [6.07, 6.45) is -4.63. The van der Waals surface area contributed by atoms with Gasteiger partial charge in [0.05, 0.1) is 12.7 Å². The number of anilines is 1. The van der Waals surface area contributed by atoms with E-state index in [1.807, 2.05) is 0 Å². The molecular weight excluding hydrogens is 463 g/mol. The van der Waals surface area contributed by atoms with Crippen molar-refractivity contribution in [2.75, 3.05) is 12.8 Å². The Balaban J connectivity index is 1.87. The number of methoxy groups -OCH3 is 1. The smallest absolute Gasteiger partial charge is 0.411 e. The van der Waals surface area contributed by atoms with E-state index in [1.165, 1.54) is 21.0 Å². The molecule has 3 aromatic rings. The van der Waals surface area contributed by atoms with Crippen LogP contribution in [0, 0.1) is 5.92 Å². The molecule has 11 heteroatoms. The molecule has 0 spiro atoms. The van der Waals surface area contributed by atoms with Crippen LogP contribution in [0.15, 0.2) is 48.5 Å². The van der Waals surface area contributed by atoms with E-state index < -0.39 is 29.9 Å². The first-order valence-corrected chi connectivity index (χ1v) is 10.7. The van der Waals surface area contributed by atoms with Crippen molar-refractivity contribution in [2.24, 2.45) is 11.7 Å². The van der Waals surface area contributed by atoms with Crippen LogP contribution in [-0.4, -0.2) is 34.9 Å². The zero-order chi connectivity index (χ0) is 25.9. The van der Waals surface area contributed by atoms with E-state index in [0.717, 1.165) is 0 Å². The lowest BCUT2D eigenvalue weighted by Gasteiger charge is -2.25. The van der Waals surface area contributed by atoms with E-state index in [-0.39, 0.29) is 23.7 Å². The average molecular weight is 489 g/mol. The zero-order valence-corrected chi connectivity index (χ0v) is 19.4. The molecule has 3 rings (SSSR count). The molecule has 1 aromatic heterocycles. The molecule has 0 aliphatic heterocycles. The Hall–Kier alpha value is -4.02. The second kappa shape index (κ2) is 10.1. The molecule has 0 bridgehead atoms. The van der Waals surface area contributed by atoms with Gasteiger partial charge in [0.1, 0.15) is 22.8 Å². The molecule has 2 amide bonds. The highest BCUT2D eigenvalue weighted by molar-refractivity contribution is 6.03. The molecule has 5 N–H and O–H groups in total. The maximum atomic E-state index is 13.7. The summed E-state index contributed by atoms with van der Waals surface area (Å²) in [5.41, 5.74) is 12.5. The van der Waals surface area contributed by atoms with E-state index in [1.54, 1.807) is 48.5 Å². The maximum absolute atomic E-state index is 13.7. The van der Waals surface area contributed by atoms with Crippen LogP contribution in [0.1, 0.15) is 46.2 Å². The van der Waals surface area contributed by atoms with E-state index in [4.69, 9.17) is 16.2 Å². The van der Waals surface area contributed by atoms with E-state index in [0.29, 0.717) is 27.1 Å². The van der Waals surface area contributed by atoms with Gasteiger partial charge >= 0.3 is 6.18 Å². The number of primary amides is 1. The van der Waals surface area contributed by atoms with E-state index in [2.05, 4.69) is 10.4 Å². The van der Waals surface area contributed by atoms with Crippen LogP contribution in [0.5, 0.6) is 5.75 Å². The maximum Gasteiger partial charge on any atom is 0.411 e. The van der Waals surface area contributed by atoms with Crippen molar-refractivity contribution in [3.05, 3.63) is 65.2 Å². The van der Waals surface area contributed by atoms with Gasteiger partial charge in [-0.15, -0.1) is 0 Å². The van der Waals surface area contributed by atoms with Crippen molar-refractivity contribution in [2.45, 2.75) is 32.6 Å². The highest BCUT2D eigenvalue weighted by Crippen LogP contribution is 2.40. The first-order chi connectivity index (χ1) is 16.5. The van der Waals surface area contributed by atoms with Crippen molar-refractivity contribution >= 4 is 17.6 Å². The van der Waals surface area contributed by atoms with Crippen molar-refractivity contribution in [3.8, 4) is 17.0 Å². The summed E-state index contributed by atoms with van der Waals surface area (Å²) in [6.45, 7) is 2.95. The monoisotopic (exact) mass is 489 g/mol. The number of hydrogen-bond acceptors (Lipinski definition) is 5. The fourth-order valence-electron chi connectivity index (χ4n) is 3.79. The Kier molecular flexibility index (Phi) is 7.37. The Bertz CT molecular complexity index is 1220. The lowest BCUT2D eigenvalue weighted by atomic mass is 10.0. The van der Waals surface area contributed by atoms with Gasteiger partial charge in [-0.2, -0.15) is 18.3 Å². The third kappa shape index (κ3) is 5.39. The second-order valence-electron chi connectivity index (χ2n) is 8.23. The van der Waals surface area contributed by atoms with Crippen molar-refractivity contribution in [1.29, 1.82) is 0 Å². The van der Waals surface area contributed by atoms with Gasteiger partial charge in [0.2, 0.25) is 0 Å². The molecule has 186 valence electrons. The van der Waals surface area contributed by atoms with Gasteiger partial charge < -0.3 is 21.5 Å². The number of ether oxygens (including phenoxy) is 1. The first-order valence-electron chi connectivity index (χ1n) is 10.7. The third-order valence-electron chi connectivity index (χ3n) is 5.46. The Labute approximate surface area is 200 Å². The Morgan fingerprint density at radius 3 is 2.29 bits per heavy atom. The number of carbonyl (C=O) groups excluding carboxylic acids is 2. The number of amides is 2. The van der Waals surface area contributed by atoms with Crippen LogP contribution in [0.4, 0.5) is 19.0 Å². The Morgan fingerprint density at radius 1 is 1.11 bits per heavy atom. The number of halogens is 3. The minimum absolute atomic E-state index is 0.0468. The summed E-state index contributed by atoms with van der Waals surface area (Å²) in [6, 6.07) is 11.2. The number of para-hydroxylation sites is 1. The zero-order valence-electron chi connectivity index (χ0n) is 19.4. The highest BCUT2D eigenvalue weighted by Gasteiger charge is 2.45. The normalized spacial score (nSPS) is 12.4. The SMILES string of the molecule is COc1ccccc1C(=O)NCc1ccc(-c2nn(C(C(C)C)C(F)(F)F)c(N)c2C(N)=O)cc1. The van der Waals surface area contributed by atoms with E-state index >= 15 is 0 Å². The largest absolute Gasteiger partial charge is 0.496 e. The molecule has 1 unspecified atom stereocenters. The third-order valence-corrected chi connectivity index (χ3v) is 5.46. The average Bonchev–Trinajstić information content (AvgIpc) is 3.13. The van der Waals surface area contributed by atoms with Crippen molar-refractivity contribution in [1.82, 2.24) is 15.1 Å². The van der Waals surface area contributed by atoms with Crippen LogP contribution in [0.3, 0.4) is 0 Å². The van der Waals surface area contributed by atoms with Gasteiger partial charge in [-0.3, -0.25) is 9.59 Å². The molecule has 8 nitrogen and oxygen atoms in total. The minimum atomic E-state index is -4.63. The van der Waals surface area contributed by atoms with Crippen LogP contribution >= 0.6 is 0 Å². The molecule has 35 heavy (non-hydrogen) atoms. The number of hydrogen-bond donors (Lipinski definition) is 3. The quantitative estimate of drug-likeness (QED) is 0.442. The molecule has 0 saturated heterocycles. The summed E-state index contributed by atoms with van der Waals surface area (Å²) in [4.78, 5) is 24.5. The number of alkyl halides is 3. The summed E-state index contributed by atoms with van der Waals surface area (Å²) in [7, 11) is 1.47. The molecule has 0 aliphatic carbocycles. The van der Waals surface area contributed by atoms with Gasteiger partial charge in [-0.1, -0.05) is 50.2 Å². The number of nitrogens with zero attached hydrogens (tertiary/aromatic N) is 2. The lowest BCUT2D eigenvalue weighted by Crippen LogP contribution is -2.32. The molecule has 0 fully saturated rings. The number of rotatable bonds is 8. The number of nitrogens with two attached hydrogens (primary N) is 2. The van der Waals surface area contributed by atoms with E-state index in [9.17, 15) is 22.8 Å². The lowest BCUT2D eigenvalue weighted by molar-refractivity contribution is -0.180. The fourth-order valence-corrected chi connectivity index (χ4v) is 3.79. The van der Waals surface area contributed by atoms with Crippen LogP contribution < -0.4 is 21.5 Å². The number of carbonyl (C=O) groups is 2. The summed E-state index contributed by atoms with van der Waals surface area (Å²) in [5, 5.41) is 6.82. The molecule has 0 saturated carbocycles. The number of nitrogen functional groups attached to an aromatic ring is 1. The number of aromatic nitrogens is 2. The van der Waals surface area contributed by atoms with Gasteiger partial charge in [-0.05, 0) is 23.6 Å². The van der Waals surface area contributed by atoms with Gasteiger partial charge in [0, 0.05) is 12.1 Å².